The zero-order valence-electron chi connectivity index (χ0n) is 15.0. The van der Waals surface area contributed by atoms with Crippen molar-refractivity contribution < 1.29 is 4.79 Å². The van der Waals surface area contributed by atoms with Crippen molar-refractivity contribution in [3.8, 4) is 10.7 Å². The molecule has 2 aromatic heterocycles. The number of nitrogens with zero attached hydrogens (tertiary/aromatic N) is 4. The Bertz CT molecular complexity index is 1060. The number of thiophene rings is 1. The van der Waals surface area contributed by atoms with Crippen molar-refractivity contribution >= 4 is 34.7 Å². The van der Waals surface area contributed by atoms with Crippen LogP contribution in [0.4, 0.5) is 5.69 Å². The van der Waals surface area contributed by atoms with Crippen molar-refractivity contribution in [1.29, 1.82) is 0 Å². The Morgan fingerprint density at radius 3 is 2.64 bits per heavy atom. The van der Waals surface area contributed by atoms with Crippen LogP contribution in [-0.4, -0.2) is 26.1 Å². The van der Waals surface area contributed by atoms with Crippen LogP contribution in [0.25, 0.3) is 10.7 Å². The molecule has 0 aliphatic heterocycles. The lowest BCUT2D eigenvalue weighted by Gasteiger charge is -2.14. The first-order valence-electron chi connectivity index (χ1n) is 8.67. The summed E-state index contributed by atoms with van der Waals surface area (Å²) in [6, 6.07) is 21.0. The fraction of sp³-hybridized carbons (Fsp3) is 0.100. The van der Waals surface area contributed by atoms with Crippen LogP contribution in [0.1, 0.15) is 13.0 Å². The van der Waals surface area contributed by atoms with Gasteiger partial charge in [-0.25, -0.2) is 0 Å². The molecule has 0 bridgehead atoms. The van der Waals surface area contributed by atoms with Crippen LogP contribution in [-0.2, 0) is 4.79 Å². The van der Waals surface area contributed by atoms with Crippen LogP contribution in [0, 0.1) is 0 Å². The van der Waals surface area contributed by atoms with E-state index in [1.807, 2.05) is 72.1 Å². The highest BCUT2D eigenvalue weighted by Gasteiger charge is 2.20. The zero-order valence-corrected chi connectivity index (χ0v) is 16.7. The lowest BCUT2D eigenvalue weighted by Crippen LogP contribution is -2.25. The highest BCUT2D eigenvalue weighted by atomic mass is 32.2. The van der Waals surface area contributed by atoms with E-state index in [1.54, 1.807) is 18.7 Å². The third-order valence-electron chi connectivity index (χ3n) is 4.01. The van der Waals surface area contributed by atoms with Crippen molar-refractivity contribution in [2.75, 3.05) is 5.32 Å². The van der Waals surface area contributed by atoms with Gasteiger partial charge in [0, 0.05) is 9.79 Å². The Kier molecular flexibility index (Phi) is 5.50. The predicted octanol–water partition coefficient (Wildman–Crippen LogP) is 4.75. The first-order valence-corrected chi connectivity index (χ1v) is 10.4. The number of nitrogens with one attached hydrogen (secondary N) is 1. The number of tetrazole rings is 1. The smallest absolute Gasteiger partial charge is 0.250 e. The van der Waals surface area contributed by atoms with Gasteiger partial charge in [-0.1, -0.05) is 48.2 Å². The summed E-state index contributed by atoms with van der Waals surface area (Å²) in [7, 11) is 0. The molecular formula is C20H17N5OS2. The monoisotopic (exact) mass is 407 g/mol. The summed E-state index contributed by atoms with van der Waals surface area (Å²) in [6.45, 7) is 1.75. The summed E-state index contributed by atoms with van der Waals surface area (Å²) in [5, 5.41) is 17.4. The molecule has 1 amide bonds. The number of aromatic nitrogens is 4. The maximum atomic E-state index is 12.8. The first-order chi connectivity index (χ1) is 13.7. The molecular weight excluding hydrogens is 390 g/mol. The van der Waals surface area contributed by atoms with Crippen molar-refractivity contribution in [2.24, 2.45) is 0 Å². The van der Waals surface area contributed by atoms with E-state index >= 15 is 0 Å². The number of benzene rings is 2. The number of anilines is 1. The third-order valence-corrected chi connectivity index (χ3v) is 5.96. The Hall–Kier alpha value is -2.97. The highest BCUT2D eigenvalue weighted by molar-refractivity contribution is 7.99. The lowest BCUT2D eigenvalue weighted by atomic mass is 10.3. The molecule has 1 N–H and O–H groups in total. The molecule has 1 atom stereocenters. The summed E-state index contributed by atoms with van der Waals surface area (Å²) in [4.78, 5) is 17.1. The normalized spacial score (nSPS) is 11.9. The van der Waals surface area contributed by atoms with Gasteiger partial charge in [0.1, 0.15) is 6.04 Å². The number of hydrogen-bond donors (Lipinski definition) is 1. The van der Waals surface area contributed by atoms with E-state index < -0.39 is 6.04 Å². The molecule has 8 heteroatoms. The first kappa shape index (κ1) is 18.4. The second kappa shape index (κ2) is 8.37. The maximum Gasteiger partial charge on any atom is 0.250 e. The largest absolute Gasteiger partial charge is 0.323 e. The molecule has 4 aromatic rings. The van der Waals surface area contributed by atoms with Crippen molar-refractivity contribution in [2.45, 2.75) is 22.8 Å². The van der Waals surface area contributed by atoms with Gasteiger partial charge >= 0.3 is 0 Å². The van der Waals surface area contributed by atoms with E-state index in [4.69, 9.17) is 0 Å². The molecule has 140 valence electrons. The molecule has 6 nitrogen and oxygen atoms in total. The van der Waals surface area contributed by atoms with E-state index in [1.165, 1.54) is 16.1 Å². The van der Waals surface area contributed by atoms with Gasteiger partial charge in [0.15, 0.2) is 0 Å². The van der Waals surface area contributed by atoms with Crippen molar-refractivity contribution in [3.05, 3.63) is 72.1 Å². The van der Waals surface area contributed by atoms with Gasteiger partial charge in [0.2, 0.25) is 5.82 Å². The minimum Gasteiger partial charge on any atom is -0.323 e. The van der Waals surface area contributed by atoms with Crippen LogP contribution in [0.2, 0.25) is 0 Å². The van der Waals surface area contributed by atoms with E-state index in [-0.39, 0.29) is 5.91 Å². The Morgan fingerprint density at radius 1 is 1.07 bits per heavy atom. The standard InChI is InChI=1S/C20H17N5OS2/c1-14(25-23-19(22-24-25)18-12-7-13-27-18)20(26)21-16-10-5-6-11-17(16)28-15-8-3-2-4-9-15/h2-14H,1H3,(H,21,26). The second-order valence-electron chi connectivity index (χ2n) is 5.99. The summed E-state index contributed by atoms with van der Waals surface area (Å²) in [5.74, 6) is 0.325. The van der Waals surface area contributed by atoms with Gasteiger partial charge in [0.25, 0.3) is 5.91 Å². The zero-order chi connectivity index (χ0) is 19.3. The van der Waals surface area contributed by atoms with Crippen LogP contribution in [0.5, 0.6) is 0 Å². The molecule has 0 aliphatic rings. The van der Waals surface area contributed by atoms with Crippen LogP contribution in [0.3, 0.4) is 0 Å². The Labute approximate surface area is 170 Å². The number of rotatable bonds is 6. The van der Waals surface area contributed by atoms with E-state index in [0.717, 1.165) is 20.4 Å². The highest BCUT2D eigenvalue weighted by Crippen LogP contribution is 2.33. The summed E-state index contributed by atoms with van der Waals surface area (Å²) < 4.78 is 0. The van der Waals surface area contributed by atoms with Gasteiger partial charge in [0.05, 0.1) is 10.6 Å². The van der Waals surface area contributed by atoms with Crippen LogP contribution in [0.15, 0.2) is 81.9 Å². The summed E-state index contributed by atoms with van der Waals surface area (Å²) in [5.41, 5.74) is 0.756. The minimum absolute atomic E-state index is 0.198. The number of carbonyl (C=O) groups excluding carboxylic acids is 1. The topological polar surface area (TPSA) is 72.7 Å². The Morgan fingerprint density at radius 2 is 1.86 bits per heavy atom. The van der Waals surface area contributed by atoms with Gasteiger partial charge in [-0.2, -0.15) is 4.80 Å². The number of amides is 1. The minimum atomic E-state index is -0.587. The van der Waals surface area contributed by atoms with Crippen LogP contribution < -0.4 is 5.32 Å². The molecule has 28 heavy (non-hydrogen) atoms. The van der Waals surface area contributed by atoms with E-state index in [0.29, 0.717) is 5.82 Å². The lowest BCUT2D eigenvalue weighted by molar-refractivity contribution is -0.119. The second-order valence-corrected chi connectivity index (χ2v) is 8.05. The van der Waals surface area contributed by atoms with Gasteiger partial charge < -0.3 is 5.32 Å². The number of hydrogen-bond acceptors (Lipinski definition) is 6. The number of para-hydroxylation sites is 1. The van der Waals surface area contributed by atoms with Gasteiger partial charge in [-0.05, 0) is 47.8 Å². The molecule has 0 radical (unpaired) electrons. The number of carbonyl (C=O) groups is 1. The van der Waals surface area contributed by atoms with Gasteiger partial charge in [-0.3, -0.25) is 4.79 Å². The molecule has 0 saturated carbocycles. The molecule has 0 spiro atoms. The van der Waals surface area contributed by atoms with Crippen molar-refractivity contribution in [3.63, 3.8) is 0 Å². The molecule has 0 saturated heterocycles. The summed E-state index contributed by atoms with van der Waals surface area (Å²) in [6.07, 6.45) is 0. The molecule has 2 aromatic carbocycles. The van der Waals surface area contributed by atoms with Crippen LogP contribution >= 0.6 is 23.1 Å². The maximum absolute atomic E-state index is 12.8. The predicted molar refractivity (Wildman–Crippen MR) is 111 cm³/mol. The molecule has 4 rings (SSSR count). The third kappa shape index (κ3) is 4.13. The molecule has 1 unspecified atom stereocenters. The summed E-state index contributed by atoms with van der Waals surface area (Å²) >= 11 is 3.14. The quantitative estimate of drug-likeness (QED) is 0.499. The van der Waals surface area contributed by atoms with Gasteiger partial charge in [-0.15, -0.1) is 21.5 Å². The SMILES string of the molecule is CC(C(=O)Nc1ccccc1Sc1ccccc1)n1nnc(-c2cccs2)n1. The fourth-order valence-electron chi connectivity index (χ4n) is 2.51. The van der Waals surface area contributed by atoms with Crippen molar-refractivity contribution in [1.82, 2.24) is 20.2 Å². The molecule has 0 aliphatic carbocycles. The van der Waals surface area contributed by atoms with E-state index in [9.17, 15) is 4.79 Å². The molecule has 0 fully saturated rings. The average Bonchev–Trinajstić information content (AvgIpc) is 3.41. The average molecular weight is 408 g/mol. The Balaban J connectivity index is 1.49. The fourth-order valence-corrected chi connectivity index (χ4v) is 4.08. The molecule has 2 heterocycles. The van der Waals surface area contributed by atoms with E-state index in [2.05, 4.69) is 20.7 Å².